The van der Waals surface area contributed by atoms with E-state index in [1.165, 1.54) is 11.1 Å². The lowest BCUT2D eigenvalue weighted by Gasteiger charge is -2.51. The minimum atomic E-state index is -0.0392. The first-order valence-electron chi connectivity index (χ1n) is 8.73. The molecule has 0 unspecified atom stereocenters. The van der Waals surface area contributed by atoms with E-state index >= 15 is 0 Å². The predicted molar refractivity (Wildman–Crippen MR) is 129 cm³/mol. The fraction of sp³-hybridized carbons (Fsp3) is 0.481. The van der Waals surface area contributed by atoms with Crippen LogP contribution in [0.1, 0.15) is 82.4 Å². The second kappa shape index (κ2) is 11.1. The molecule has 0 N–H and O–H groups in total. The van der Waals surface area contributed by atoms with E-state index in [1.807, 2.05) is 13.8 Å². The smallest absolute Gasteiger partial charge is 0.0373 e. The average molecular weight is 371 g/mol. The third-order valence-corrected chi connectivity index (χ3v) is 5.26. The normalized spacial score (nSPS) is 16.8. The van der Waals surface area contributed by atoms with Gasteiger partial charge in [0.1, 0.15) is 0 Å². The van der Waals surface area contributed by atoms with Crippen LogP contribution in [0.3, 0.4) is 0 Å². The summed E-state index contributed by atoms with van der Waals surface area (Å²) in [6.07, 6.45) is 4.79. The van der Waals surface area contributed by atoms with Crippen molar-refractivity contribution in [3.63, 3.8) is 0 Å². The first-order valence-corrected chi connectivity index (χ1v) is 8.73. The van der Waals surface area contributed by atoms with Gasteiger partial charge in [0.15, 0.2) is 0 Å². The van der Waals surface area contributed by atoms with Crippen molar-refractivity contribution in [2.24, 2.45) is 10.8 Å². The molecule has 0 aromatic heterocycles. The van der Waals surface area contributed by atoms with Gasteiger partial charge in [-0.15, -0.1) is 0 Å². The lowest BCUT2D eigenvalue weighted by atomic mass is 9.51. The maximum atomic E-state index is 2.40. The number of hydrogen-bond acceptors (Lipinski definition) is 0. The van der Waals surface area contributed by atoms with E-state index in [0.29, 0.717) is 0 Å². The minimum Gasteiger partial charge on any atom is -0.0810 e. The minimum absolute atomic E-state index is 0. The van der Waals surface area contributed by atoms with Crippen LogP contribution in [0.4, 0.5) is 0 Å². The van der Waals surface area contributed by atoms with Gasteiger partial charge in [-0.25, -0.2) is 0 Å². The fourth-order valence-electron chi connectivity index (χ4n) is 4.53. The highest BCUT2D eigenvalue weighted by atomic mass is 14.6. The Morgan fingerprint density at radius 2 is 0.741 bits per heavy atom. The van der Waals surface area contributed by atoms with Crippen molar-refractivity contribution < 1.29 is 0 Å². The average Bonchev–Trinajstić information content (AvgIpc) is 2.77. The van der Waals surface area contributed by atoms with Crippen molar-refractivity contribution in [3.05, 3.63) is 83.9 Å². The summed E-state index contributed by atoms with van der Waals surface area (Å²) >= 11 is 0. The van der Waals surface area contributed by atoms with Gasteiger partial charge in [-0.3, -0.25) is 0 Å². The van der Waals surface area contributed by atoms with Gasteiger partial charge < -0.3 is 0 Å². The maximum absolute atomic E-state index is 2.40. The van der Waals surface area contributed by atoms with Crippen LogP contribution < -0.4 is 0 Å². The molecule has 0 atom stereocenters. The maximum Gasteiger partial charge on any atom is 0.0373 e. The van der Waals surface area contributed by atoms with Crippen LogP contribution in [0.15, 0.2) is 72.8 Å². The molecule has 3 rings (SSSR count). The Kier molecular flexibility index (Phi) is 12.3. The molecule has 0 amide bonds. The molecule has 0 aliphatic heterocycles. The molecule has 0 heteroatoms. The van der Waals surface area contributed by atoms with Crippen LogP contribution in [0.2, 0.25) is 0 Å². The largest absolute Gasteiger partial charge is 0.0810 e. The molecule has 0 bridgehead atoms. The van der Waals surface area contributed by atoms with Crippen LogP contribution in [-0.4, -0.2) is 0 Å². The number of hydrogen-bond donors (Lipinski definition) is 0. The van der Waals surface area contributed by atoms with E-state index in [1.54, 1.807) is 0 Å². The third kappa shape index (κ3) is 4.54. The van der Waals surface area contributed by atoms with E-state index in [0.717, 1.165) is 0 Å². The molecule has 2 aromatic carbocycles. The molecule has 27 heavy (non-hydrogen) atoms. The van der Waals surface area contributed by atoms with Crippen molar-refractivity contribution in [1.82, 2.24) is 0 Å². The van der Waals surface area contributed by atoms with Gasteiger partial charge in [-0.05, 0) is 22.0 Å². The molecule has 0 heterocycles. The summed E-state index contributed by atoms with van der Waals surface area (Å²) in [7, 11) is 0. The Labute approximate surface area is 171 Å². The van der Waals surface area contributed by atoms with E-state index in [4.69, 9.17) is 0 Å². The molecule has 0 fully saturated rings. The van der Waals surface area contributed by atoms with Gasteiger partial charge in [-0.2, -0.15) is 0 Å². The Hall–Kier alpha value is -1.82. The summed E-state index contributed by atoms with van der Waals surface area (Å²) in [6.45, 7) is 13.4. The zero-order valence-corrected chi connectivity index (χ0v) is 15.4. The molecule has 0 nitrogen and oxygen atoms in total. The zero-order chi connectivity index (χ0) is 17.1. The molecule has 0 saturated carbocycles. The van der Waals surface area contributed by atoms with E-state index in [9.17, 15) is 0 Å². The van der Waals surface area contributed by atoms with Gasteiger partial charge >= 0.3 is 0 Å². The lowest BCUT2D eigenvalue weighted by molar-refractivity contribution is 0.168. The summed E-state index contributed by atoms with van der Waals surface area (Å²) in [5, 5.41) is 0. The topological polar surface area (TPSA) is 0 Å². The van der Waals surface area contributed by atoms with Crippen molar-refractivity contribution in [2.45, 2.75) is 76.7 Å². The van der Waals surface area contributed by atoms with Gasteiger partial charge in [0.05, 0.1) is 0 Å². The van der Waals surface area contributed by atoms with Crippen molar-refractivity contribution in [3.8, 4) is 0 Å². The van der Waals surface area contributed by atoms with Gasteiger partial charge in [0.25, 0.3) is 0 Å². The molecule has 1 aliphatic rings. The Morgan fingerprint density at radius 1 is 0.481 bits per heavy atom. The van der Waals surface area contributed by atoms with Gasteiger partial charge in [0, 0.05) is 5.41 Å². The van der Waals surface area contributed by atoms with Gasteiger partial charge in [0.2, 0.25) is 0 Å². The monoisotopic (exact) mass is 370 g/mol. The molecule has 1 aliphatic carbocycles. The van der Waals surface area contributed by atoms with Crippen LogP contribution in [0.25, 0.3) is 0 Å². The van der Waals surface area contributed by atoms with E-state index in [2.05, 4.69) is 101 Å². The van der Waals surface area contributed by atoms with Crippen molar-refractivity contribution in [2.75, 3.05) is 0 Å². The fourth-order valence-corrected chi connectivity index (χ4v) is 4.53. The van der Waals surface area contributed by atoms with Crippen LogP contribution >= 0.6 is 0 Å². The molecule has 2 aromatic rings. The number of benzene rings is 2. The third-order valence-electron chi connectivity index (χ3n) is 5.26. The van der Waals surface area contributed by atoms with E-state index < -0.39 is 0 Å². The van der Waals surface area contributed by atoms with Crippen LogP contribution in [0.5, 0.6) is 0 Å². The van der Waals surface area contributed by atoms with E-state index in [-0.39, 0.29) is 46.0 Å². The molecule has 0 saturated heterocycles. The van der Waals surface area contributed by atoms with Crippen molar-refractivity contribution in [1.29, 1.82) is 0 Å². The second-order valence-electron chi connectivity index (χ2n) is 7.26. The summed E-state index contributed by atoms with van der Waals surface area (Å²) in [6, 6.07) is 22.0. The standard InChI is InChI=1S/C21H24.C2H6.4CH4/c1-19(2)15-16-20(3,4)21(19,17-11-7-5-8-12-17)18-13-9-6-10-14-18;1-2;;;;/h5-16H,1-4H3;1-2H3;4*1H4. The molecule has 0 radical (unpaired) electrons. The summed E-state index contributed by atoms with van der Waals surface area (Å²) in [4.78, 5) is 0. The summed E-state index contributed by atoms with van der Waals surface area (Å²) < 4.78 is 0. The number of allylic oxidation sites excluding steroid dienone is 2. The second-order valence-corrected chi connectivity index (χ2v) is 7.26. The summed E-state index contributed by atoms with van der Waals surface area (Å²) in [5.41, 5.74) is 2.90. The first kappa shape index (κ1) is 29.9. The van der Waals surface area contributed by atoms with Crippen molar-refractivity contribution >= 4 is 0 Å². The lowest BCUT2D eigenvalue weighted by Crippen LogP contribution is -2.48. The number of rotatable bonds is 2. The predicted octanol–water partition coefficient (Wildman–Crippen LogP) is 9.17. The molecular formula is C27H46. The summed E-state index contributed by atoms with van der Waals surface area (Å²) in [5.74, 6) is 0. The Morgan fingerprint density at radius 3 is 1.00 bits per heavy atom. The molecule has 154 valence electrons. The first-order chi connectivity index (χ1) is 10.9. The SMILES string of the molecule is C.C.C.C.CC.CC1(C)C=CC(C)(C)C1(c1ccccc1)c1ccccc1. The van der Waals surface area contributed by atoms with Crippen LogP contribution in [0, 0.1) is 10.8 Å². The van der Waals surface area contributed by atoms with Gasteiger partial charge in [-0.1, -0.05) is 144 Å². The highest BCUT2D eigenvalue weighted by molar-refractivity contribution is 5.50. The molecule has 0 spiro atoms. The quantitative estimate of drug-likeness (QED) is 0.462. The zero-order valence-electron chi connectivity index (χ0n) is 15.4. The highest BCUT2D eigenvalue weighted by Crippen LogP contribution is 2.62. The molecular weight excluding hydrogens is 324 g/mol. The Balaban J connectivity index is -0.000000930. The highest BCUT2D eigenvalue weighted by Gasteiger charge is 2.58. The van der Waals surface area contributed by atoms with Crippen LogP contribution in [-0.2, 0) is 5.41 Å². The Bertz CT molecular complexity index is 585.